The maximum absolute atomic E-state index is 12.7. The van der Waals surface area contributed by atoms with E-state index in [1.807, 2.05) is 21.1 Å². The highest BCUT2D eigenvalue weighted by Crippen LogP contribution is 2.38. The predicted molar refractivity (Wildman–Crippen MR) is 231 cm³/mol. The van der Waals surface area contributed by atoms with Gasteiger partial charge in [0, 0.05) is 12.8 Å². The van der Waals surface area contributed by atoms with Crippen LogP contribution >= 0.6 is 7.82 Å². The van der Waals surface area contributed by atoms with Crippen LogP contribution in [0.1, 0.15) is 181 Å². The van der Waals surface area contributed by atoms with Crippen molar-refractivity contribution in [3.05, 3.63) is 48.6 Å². The monoisotopic (exact) mass is 810 g/mol. The number of unbranched alkanes of at least 4 members (excludes halogenated alkanes) is 18. The van der Waals surface area contributed by atoms with Gasteiger partial charge in [-0.25, -0.2) is 0 Å². The fourth-order valence-corrected chi connectivity index (χ4v) is 6.50. The van der Waals surface area contributed by atoms with Crippen molar-refractivity contribution in [1.29, 1.82) is 0 Å². The van der Waals surface area contributed by atoms with Gasteiger partial charge < -0.3 is 27.9 Å². The van der Waals surface area contributed by atoms with Crippen LogP contribution in [0.2, 0.25) is 0 Å². The summed E-state index contributed by atoms with van der Waals surface area (Å²) in [4.78, 5) is 37.5. The van der Waals surface area contributed by atoms with Gasteiger partial charge in [0.2, 0.25) is 0 Å². The molecule has 0 aromatic heterocycles. The molecule has 0 aliphatic carbocycles. The first-order valence-corrected chi connectivity index (χ1v) is 23.8. The van der Waals surface area contributed by atoms with Crippen LogP contribution in [-0.2, 0) is 32.7 Å². The molecule has 0 saturated heterocycles. The summed E-state index contributed by atoms with van der Waals surface area (Å²) < 4.78 is 33.9. The van der Waals surface area contributed by atoms with Gasteiger partial charge in [0.05, 0.1) is 27.7 Å². The molecule has 0 aliphatic rings. The van der Waals surface area contributed by atoms with Crippen LogP contribution in [0.5, 0.6) is 0 Å². The number of hydrogen-bond acceptors (Lipinski definition) is 8. The lowest BCUT2D eigenvalue weighted by molar-refractivity contribution is -0.870. The molecule has 0 aromatic carbocycles. The molecule has 0 N–H and O–H groups in total. The molecular weight excluding hydrogens is 725 g/mol. The van der Waals surface area contributed by atoms with E-state index in [2.05, 4.69) is 62.5 Å². The van der Waals surface area contributed by atoms with Crippen molar-refractivity contribution in [1.82, 2.24) is 0 Å². The first-order chi connectivity index (χ1) is 27.0. The molecule has 56 heavy (non-hydrogen) atoms. The number of esters is 2. The van der Waals surface area contributed by atoms with Crippen molar-refractivity contribution in [2.45, 2.75) is 187 Å². The van der Waals surface area contributed by atoms with Crippen molar-refractivity contribution in [3.8, 4) is 0 Å². The zero-order valence-corrected chi connectivity index (χ0v) is 37.5. The molecule has 1 unspecified atom stereocenters. The molecule has 0 bridgehead atoms. The highest BCUT2D eigenvalue weighted by molar-refractivity contribution is 7.45. The molecule has 0 fully saturated rings. The number of ether oxygens (including phenoxy) is 2. The Balaban J connectivity index is 4.41. The van der Waals surface area contributed by atoms with Crippen LogP contribution in [0.3, 0.4) is 0 Å². The fourth-order valence-electron chi connectivity index (χ4n) is 5.77. The molecule has 0 spiro atoms. The minimum Gasteiger partial charge on any atom is -0.756 e. The number of allylic oxidation sites excluding steroid dienone is 8. The summed E-state index contributed by atoms with van der Waals surface area (Å²) in [6, 6.07) is 0. The molecule has 0 aromatic rings. The van der Waals surface area contributed by atoms with Crippen LogP contribution in [0.15, 0.2) is 48.6 Å². The number of likely N-dealkylation sites (N-methyl/N-ethyl adjacent to an activating group) is 1. The first-order valence-electron chi connectivity index (χ1n) is 22.3. The van der Waals surface area contributed by atoms with Crippen LogP contribution in [-0.4, -0.2) is 70.0 Å². The quantitative estimate of drug-likeness (QED) is 0.0198. The molecule has 2 atom stereocenters. The summed E-state index contributed by atoms with van der Waals surface area (Å²) in [6.45, 7) is 4.15. The van der Waals surface area contributed by atoms with Crippen molar-refractivity contribution in [2.24, 2.45) is 0 Å². The van der Waals surface area contributed by atoms with E-state index in [0.717, 1.165) is 70.6 Å². The Morgan fingerprint density at radius 1 is 0.554 bits per heavy atom. The SMILES string of the molecule is CCCCC/C=C\C/C=C\C/C=C\CCCCCCC(=O)OC[C@H](COP(=O)([O-])OCC[N+](C)(C)C)OC(=O)CCCCCCC/C=C\CCCCCCCC. The lowest BCUT2D eigenvalue weighted by Gasteiger charge is -2.28. The Labute approximate surface area is 343 Å². The zero-order chi connectivity index (χ0) is 41.4. The van der Waals surface area contributed by atoms with E-state index in [4.69, 9.17) is 18.5 Å². The van der Waals surface area contributed by atoms with E-state index in [1.165, 1.54) is 70.6 Å². The molecule has 10 heteroatoms. The number of phosphoric ester groups is 1. The summed E-state index contributed by atoms with van der Waals surface area (Å²) in [7, 11) is 1.14. The van der Waals surface area contributed by atoms with E-state index in [0.29, 0.717) is 23.9 Å². The first kappa shape index (κ1) is 54.0. The second kappa shape index (κ2) is 38.5. The molecule has 326 valence electrons. The third-order valence-electron chi connectivity index (χ3n) is 9.32. The summed E-state index contributed by atoms with van der Waals surface area (Å²) in [5.74, 6) is -0.871. The van der Waals surface area contributed by atoms with Gasteiger partial charge in [-0.15, -0.1) is 0 Å². The van der Waals surface area contributed by atoms with Gasteiger partial charge in [-0.2, -0.15) is 0 Å². The lowest BCUT2D eigenvalue weighted by Crippen LogP contribution is -2.37. The average molecular weight is 810 g/mol. The molecule has 0 aliphatic heterocycles. The number of phosphoric acid groups is 1. The molecule has 9 nitrogen and oxygen atoms in total. The van der Waals surface area contributed by atoms with Gasteiger partial charge in [0.25, 0.3) is 7.82 Å². The van der Waals surface area contributed by atoms with Gasteiger partial charge in [0.1, 0.15) is 19.8 Å². The van der Waals surface area contributed by atoms with Crippen molar-refractivity contribution < 1.29 is 42.1 Å². The maximum atomic E-state index is 12.7. The number of carbonyl (C=O) groups excluding carboxylic acids is 2. The second-order valence-electron chi connectivity index (χ2n) is 16.1. The Bertz CT molecular complexity index is 1100. The third kappa shape index (κ3) is 41.6. The number of hydrogen-bond donors (Lipinski definition) is 0. The normalized spacial score (nSPS) is 14.0. The topological polar surface area (TPSA) is 111 Å². The van der Waals surface area contributed by atoms with Gasteiger partial charge in [-0.1, -0.05) is 140 Å². The van der Waals surface area contributed by atoms with E-state index >= 15 is 0 Å². The molecule has 0 heterocycles. The molecular formula is C46H84NO8P. The predicted octanol–water partition coefficient (Wildman–Crippen LogP) is 12.1. The van der Waals surface area contributed by atoms with E-state index in [9.17, 15) is 19.0 Å². The Kier molecular flexibility index (Phi) is 37.1. The van der Waals surface area contributed by atoms with Gasteiger partial charge >= 0.3 is 11.9 Å². The van der Waals surface area contributed by atoms with Crippen molar-refractivity contribution in [3.63, 3.8) is 0 Å². The Morgan fingerprint density at radius 2 is 0.964 bits per heavy atom. The van der Waals surface area contributed by atoms with Crippen molar-refractivity contribution in [2.75, 3.05) is 47.5 Å². The minimum absolute atomic E-state index is 0.0375. The molecule has 0 radical (unpaired) electrons. The van der Waals surface area contributed by atoms with E-state index in [1.54, 1.807) is 0 Å². The highest BCUT2D eigenvalue weighted by atomic mass is 31.2. The fraction of sp³-hybridized carbons (Fsp3) is 0.783. The maximum Gasteiger partial charge on any atom is 0.306 e. The number of nitrogens with zero attached hydrogens (tertiary/aromatic N) is 1. The third-order valence-corrected chi connectivity index (χ3v) is 10.3. The summed E-state index contributed by atoms with van der Waals surface area (Å²) in [5, 5.41) is 0. The Hall–Kier alpha value is -2.03. The molecule has 0 saturated carbocycles. The Morgan fingerprint density at radius 3 is 1.48 bits per heavy atom. The van der Waals surface area contributed by atoms with Crippen LogP contribution in [0.25, 0.3) is 0 Å². The largest absolute Gasteiger partial charge is 0.756 e. The summed E-state index contributed by atoms with van der Waals surface area (Å²) in [5.41, 5.74) is 0. The second-order valence-corrected chi connectivity index (χ2v) is 17.5. The summed E-state index contributed by atoms with van der Waals surface area (Å²) >= 11 is 0. The number of quaternary nitrogens is 1. The average Bonchev–Trinajstić information content (AvgIpc) is 3.15. The number of rotatable bonds is 40. The lowest BCUT2D eigenvalue weighted by atomic mass is 10.1. The number of carbonyl (C=O) groups is 2. The van der Waals surface area contributed by atoms with Gasteiger partial charge in [-0.3, -0.25) is 14.2 Å². The van der Waals surface area contributed by atoms with Gasteiger partial charge in [-0.05, 0) is 77.0 Å². The molecule has 0 amide bonds. The van der Waals surface area contributed by atoms with Crippen LogP contribution < -0.4 is 4.89 Å². The van der Waals surface area contributed by atoms with E-state index < -0.39 is 32.5 Å². The smallest absolute Gasteiger partial charge is 0.306 e. The minimum atomic E-state index is -4.63. The molecule has 0 rings (SSSR count). The van der Waals surface area contributed by atoms with Crippen LogP contribution in [0, 0.1) is 0 Å². The highest BCUT2D eigenvalue weighted by Gasteiger charge is 2.21. The zero-order valence-electron chi connectivity index (χ0n) is 36.6. The van der Waals surface area contributed by atoms with Crippen LogP contribution in [0.4, 0.5) is 0 Å². The van der Waals surface area contributed by atoms with E-state index in [-0.39, 0.29) is 26.1 Å². The van der Waals surface area contributed by atoms with Crippen molar-refractivity contribution >= 4 is 19.8 Å². The summed E-state index contributed by atoms with van der Waals surface area (Å²) in [6.07, 6.45) is 44.2. The standard InChI is InChI=1S/C46H84NO8P/c1-6-8-10-12-14-16-18-20-22-23-25-26-28-30-32-34-36-38-45(48)52-42-44(43-54-56(50,51)53-41-40-47(3,4)5)55-46(49)39-37-35-33-31-29-27-24-21-19-17-15-13-11-9-7-2/h14,16,20-22,24-26,44H,6-13,15,17-19,23,27-43H2,1-5H3/b16-14-,22-20-,24-21-,26-25-/t44-/m1/s1. The van der Waals surface area contributed by atoms with Gasteiger partial charge in [0.15, 0.2) is 6.10 Å².